The van der Waals surface area contributed by atoms with Gasteiger partial charge in [-0.3, -0.25) is 0 Å². The van der Waals surface area contributed by atoms with Crippen LogP contribution in [0.25, 0.3) is 6.08 Å². The number of rotatable bonds is 5. The fraction of sp³-hybridized carbons (Fsp3) is 0.467. The molecule has 0 amide bonds. The van der Waals surface area contributed by atoms with E-state index in [1.807, 2.05) is 18.2 Å². The maximum absolute atomic E-state index is 5.97. The Morgan fingerprint density at radius 2 is 2.06 bits per heavy atom. The molecule has 0 heterocycles. The first-order valence-electron chi connectivity index (χ1n) is 6.17. The van der Waals surface area contributed by atoms with E-state index in [0.29, 0.717) is 10.8 Å². The van der Waals surface area contributed by atoms with Crippen LogP contribution in [0.3, 0.4) is 0 Å². The average Bonchev–Trinajstić information content (AvgIpc) is 2.29. The summed E-state index contributed by atoms with van der Waals surface area (Å²) in [6.07, 6.45) is 5.24. The van der Waals surface area contributed by atoms with E-state index >= 15 is 0 Å². The molecule has 1 rings (SSSR count). The van der Waals surface area contributed by atoms with E-state index in [0.717, 1.165) is 18.5 Å². The summed E-state index contributed by atoms with van der Waals surface area (Å²) < 4.78 is 5.18. The maximum atomic E-state index is 5.97. The SMILES string of the molecule is COc1cc(C=CCCNC(C)(C)C)ccc1Cl. The van der Waals surface area contributed by atoms with E-state index < -0.39 is 0 Å². The Bertz CT molecular complexity index is 407. The van der Waals surface area contributed by atoms with Crippen LogP contribution in [0.5, 0.6) is 5.75 Å². The van der Waals surface area contributed by atoms with Crippen LogP contribution in [0, 0.1) is 0 Å². The molecule has 0 bridgehead atoms. The van der Waals surface area contributed by atoms with Crippen LogP contribution < -0.4 is 10.1 Å². The van der Waals surface area contributed by atoms with Crippen LogP contribution in [0.4, 0.5) is 0 Å². The third kappa shape index (κ3) is 5.56. The van der Waals surface area contributed by atoms with Gasteiger partial charge in [-0.2, -0.15) is 0 Å². The highest BCUT2D eigenvalue weighted by atomic mass is 35.5. The number of halogens is 1. The van der Waals surface area contributed by atoms with Gasteiger partial charge in [0.1, 0.15) is 5.75 Å². The third-order valence-electron chi connectivity index (χ3n) is 2.45. The van der Waals surface area contributed by atoms with Crippen LogP contribution >= 0.6 is 11.6 Å². The van der Waals surface area contributed by atoms with Gasteiger partial charge < -0.3 is 10.1 Å². The molecule has 1 aromatic carbocycles. The summed E-state index contributed by atoms with van der Waals surface area (Å²) in [7, 11) is 1.63. The first-order valence-corrected chi connectivity index (χ1v) is 6.55. The smallest absolute Gasteiger partial charge is 0.138 e. The highest BCUT2D eigenvalue weighted by Crippen LogP contribution is 2.25. The molecule has 0 radical (unpaired) electrons. The Morgan fingerprint density at radius 1 is 1.33 bits per heavy atom. The summed E-state index contributed by atoms with van der Waals surface area (Å²) in [5.74, 6) is 0.714. The van der Waals surface area contributed by atoms with Crippen molar-refractivity contribution >= 4 is 17.7 Å². The number of benzene rings is 1. The summed E-state index contributed by atoms with van der Waals surface area (Å²) in [6.45, 7) is 7.48. The van der Waals surface area contributed by atoms with Crippen molar-refractivity contribution < 1.29 is 4.74 Å². The number of methoxy groups -OCH3 is 1. The van der Waals surface area contributed by atoms with Crippen molar-refractivity contribution in [1.29, 1.82) is 0 Å². The Morgan fingerprint density at radius 3 is 2.67 bits per heavy atom. The summed E-state index contributed by atoms with van der Waals surface area (Å²) in [5, 5.41) is 4.09. The van der Waals surface area contributed by atoms with Crippen molar-refractivity contribution in [2.75, 3.05) is 13.7 Å². The minimum absolute atomic E-state index is 0.178. The molecule has 0 aliphatic rings. The van der Waals surface area contributed by atoms with E-state index in [9.17, 15) is 0 Å². The van der Waals surface area contributed by atoms with Crippen molar-refractivity contribution in [3.05, 3.63) is 34.9 Å². The summed E-state index contributed by atoms with van der Waals surface area (Å²) in [5.41, 5.74) is 1.28. The van der Waals surface area contributed by atoms with Gasteiger partial charge in [-0.05, 0) is 51.4 Å². The first-order chi connectivity index (χ1) is 8.42. The molecule has 1 N–H and O–H groups in total. The molecular formula is C15H22ClNO. The van der Waals surface area contributed by atoms with Crippen LogP contribution in [0.2, 0.25) is 5.02 Å². The molecule has 0 atom stereocenters. The number of hydrogen-bond acceptors (Lipinski definition) is 2. The van der Waals surface area contributed by atoms with Gasteiger partial charge in [-0.1, -0.05) is 29.8 Å². The van der Waals surface area contributed by atoms with Gasteiger partial charge in [0.15, 0.2) is 0 Å². The second-order valence-electron chi connectivity index (χ2n) is 5.26. The Hall–Kier alpha value is -0.990. The van der Waals surface area contributed by atoms with Gasteiger partial charge in [-0.25, -0.2) is 0 Å². The second kappa shape index (κ2) is 6.81. The van der Waals surface area contributed by atoms with Gasteiger partial charge in [0.2, 0.25) is 0 Å². The molecular weight excluding hydrogens is 246 g/mol. The van der Waals surface area contributed by atoms with Crippen LogP contribution in [-0.2, 0) is 0 Å². The van der Waals surface area contributed by atoms with Crippen LogP contribution in [0.15, 0.2) is 24.3 Å². The van der Waals surface area contributed by atoms with E-state index in [-0.39, 0.29) is 5.54 Å². The van der Waals surface area contributed by atoms with E-state index in [1.165, 1.54) is 0 Å². The van der Waals surface area contributed by atoms with Crippen molar-refractivity contribution in [3.63, 3.8) is 0 Å². The highest BCUT2D eigenvalue weighted by molar-refractivity contribution is 6.32. The van der Waals surface area contributed by atoms with Crippen LogP contribution in [0.1, 0.15) is 32.8 Å². The van der Waals surface area contributed by atoms with Crippen LogP contribution in [-0.4, -0.2) is 19.2 Å². The minimum Gasteiger partial charge on any atom is -0.495 e. The second-order valence-corrected chi connectivity index (χ2v) is 5.67. The Kier molecular flexibility index (Phi) is 5.70. The minimum atomic E-state index is 0.178. The first kappa shape index (κ1) is 15.1. The number of ether oxygens (including phenoxy) is 1. The molecule has 18 heavy (non-hydrogen) atoms. The monoisotopic (exact) mass is 267 g/mol. The standard InChI is InChI=1S/C15H22ClNO/c1-15(2,3)17-10-6-5-7-12-8-9-13(16)14(11-12)18-4/h5,7-9,11,17H,6,10H2,1-4H3. The molecule has 0 aliphatic carbocycles. The molecule has 0 aliphatic heterocycles. The Labute approximate surface area is 115 Å². The molecule has 0 saturated heterocycles. The number of hydrogen-bond donors (Lipinski definition) is 1. The molecule has 0 spiro atoms. The molecule has 100 valence electrons. The van der Waals surface area contributed by atoms with Gasteiger partial charge in [0.25, 0.3) is 0 Å². The topological polar surface area (TPSA) is 21.3 Å². The Balaban J connectivity index is 2.47. The zero-order valence-corrected chi connectivity index (χ0v) is 12.3. The van der Waals surface area contributed by atoms with E-state index in [4.69, 9.17) is 16.3 Å². The van der Waals surface area contributed by atoms with Crippen molar-refractivity contribution in [2.24, 2.45) is 0 Å². The summed E-state index contributed by atoms with van der Waals surface area (Å²) in [6, 6.07) is 5.78. The lowest BCUT2D eigenvalue weighted by Crippen LogP contribution is -2.36. The molecule has 3 heteroatoms. The lowest BCUT2D eigenvalue weighted by molar-refractivity contribution is 0.415. The third-order valence-corrected chi connectivity index (χ3v) is 2.76. The van der Waals surface area contributed by atoms with E-state index in [2.05, 4.69) is 38.2 Å². The fourth-order valence-corrected chi connectivity index (χ4v) is 1.72. The summed E-state index contributed by atoms with van der Waals surface area (Å²) >= 11 is 5.97. The van der Waals surface area contributed by atoms with Gasteiger partial charge in [0, 0.05) is 5.54 Å². The predicted octanol–water partition coefficient (Wildman–Crippen LogP) is 4.14. The zero-order chi connectivity index (χ0) is 13.6. The fourth-order valence-electron chi connectivity index (χ4n) is 1.53. The van der Waals surface area contributed by atoms with Gasteiger partial charge in [-0.15, -0.1) is 0 Å². The highest BCUT2D eigenvalue weighted by Gasteiger charge is 2.06. The molecule has 0 aromatic heterocycles. The summed E-state index contributed by atoms with van der Waals surface area (Å²) in [4.78, 5) is 0. The molecule has 2 nitrogen and oxygen atoms in total. The molecule has 1 aromatic rings. The lowest BCUT2D eigenvalue weighted by atomic mass is 10.1. The average molecular weight is 268 g/mol. The quantitative estimate of drug-likeness (QED) is 0.810. The van der Waals surface area contributed by atoms with Crippen molar-refractivity contribution in [3.8, 4) is 5.75 Å². The van der Waals surface area contributed by atoms with Crippen molar-refractivity contribution in [2.45, 2.75) is 32.7 Å². The maximum Gasteiger partial charge on any atom is 0.138 e. The normalized spacial score (nSPS) is 12.1. The van der Waals surface area contributed by atoms with Gasteiger partial charge >= 0.3 is 0 Å². The zero-order valence-electron chi connectivity index (χ0n) is 11.6. The predicted molar refractivity (Wildman–Crippen MR) is 79.4 cm³/mol. The number of nitrogens with one attached hydrogen (secondary N) is 1. The van der Waals surface area contributed by atoms with Crippen molar-refractivity contribution in [1.82, 2.24) is 5.32 Å². The molecule has 0 saturated carbocycles. The lowest BCUT2D eigenvalue weighted by Gasteiger charge is -2.19. The molecule has 0 fully saturated rings. The van der Waals surface area contributed by atoms with Gasteiger partial charge in [0.05, 0.1) is 12.1 Å². The largest absolute Gasteiger partial charge is 0.495 e. The molecule has 0 unspecified atom stereocenters. The van der Waals surface area contributed by atoms with E-state index in [1.54, 1.807) is 7.11 Å².